The van der Waals surface area contributed by atoms with Crippen molar-refractivity contribution in [1.82, 2.24) is 9.88 Å². The van der Waals surface area contributed by atoms with Crippen molar-refractivity contribution in [2.24, 2.45) is 0 Å². The smallest absolute Gasteiger partial charge is 0.246 e. The quantitative estimate of drug-likeness (QED) is 0.492. The standard InChI is InChI=1S/C24H23N3O4S/c1-3-26(14-18-9-11-21-22(13-18)31-16-30-21)23(29)12-10-19-15-32-24(25-19)27(17(2)28)20-7-5-4-6-8-20/h4-13,15H,3,14,16H2,1-2H3/b12-10+. The number of hydrogen-bond acceptors (Lipinski definition) is 6. The fourth-order valence-corrected chi connectivity index (χ4v) is 4.18. The molecule has 0 unspecified atom stereocenters. The van der Waals surface area contributed by atoms with E-state index in [1.54, 1.807) is 15.9 Å². The van der Waals surface area contributed by atoms with Gasteiger partial charge >= 0.3 is 0 Å². The molecule has 0 N–H and O–H groups in total. The molecule has 8 heteroatoms. The van der Waals surface area contributed by atoms with E-state index in [0.29, 0.717) is 29.7 Å². The van der Waals surface area contributed by atoms with Crippen LogP contribution < -0.4 is 14.4 Å². The summed E-state index contributed by atoms with van der Waals surface area (Å²) in [7, 11) is 0. The Balaban J connectivity index is 1.45. The third kappa shape index (κ3) is 4.81. The fourth-order valence-electron chi connectivity index (χ4n) is 3.33. The lowest BCUT2D eigenvalue weighted by Gasteiger charge is -2.19. The molecule has 0 bridgehead atoms. The average Bonchev–Trinajstić information content (AvgIpc) is 3.45. The number of fused-ring (bicyclic) bond motifs is 1. The third-order valence-electron chi connectivity index (χ3n) is 4.93. The van der Waals surface area contributed by atoms with Crippen molar-refractivity contribution in [3.05, 3.63) is 71.2 Å². The van der Waals surface area contributed by atoms with Gasteiger partial charge in [-0.15, -0.1) is 11.3 Å². The summed E-state index contributed by atoms with van der Waals surface area (Å²) in [6.45, 7) is 4.68. The Morgan fingerprint density at radius 3 is 2.66 bits per heavy atom. The van der Waals surface area contributed by atoms with Gasteiger partial charge in [-0.25, -0.2) is 4.98 Å². The molecule has 1 aliphatic rings. The molecule has 0 saturated carbocycles. The molecule has 0 fully saturated rings. The van der Waals surface area contributed by atoms with E-state index < -0.39 is 0 Å². The van der Waals surface area contributed by atoms with E-state index in [-0.39, 0.29) is 18.6 Å². The number of amides is 2. The Bertz CT molecular complexity index is 1140. The lowest BCUT2D eigenvalue weighted by atomic mass is 10.2. The van der Waals surface area contributed by atoms with E-state index in [1.165, 1.54) is 24.3 Å². The molecule has 4 rings (SSSR count). The number of carbonyl (C=O) groups excluding carboxylic acids is 2. The number of ether oxygens (including phenoxy) is 2. The van der Waals surface area contributed by atoms with E-state index in [9.17, 15) is 9.59 Å². The average molecular weight is 450 g/mol. The van der Waals surface area contributed by atoms with E-state index >= 15 is 0 Å². The number of rotatable bonds is 7. The van der Waals surface area contributed by atoms with E-state index in [0.717, 1.165) is 17.0 Å². The van der Waals surface area contributed by atoms with E-state index in [1.807, 2.05) is 60.8 Å². The molecule has 1 aromatic heterocycles. The first kappa shape index (κ1) is 21.6. The second kappa shape index (κ2) is 9.65. The first-order valence-electron chi connectivity index (χ1n) is 10.2. The van der Waals surface area contributed by atoms with Gasteiger partial charge in [0.15, 0.2) is 16.6 Å². The van der Waals surface area contributed by atoms with E-state index in [4.69, 9.17) is 9.47 Å². The predicted molar refractivity (Wildman–Crippen MR) is 124 cm³/mol. The van der Waals surface area contributed by atoms with Crippen LogP contribution in [0.1, 0.15) is 25.1 Å². The number of nitrogens with zero attached hydrogens (tertiary/aromatic N) is 3. The fraction of sp³-hybridized carbons (Fsp3) is 0.208. The molecule has 2 amide bonds. The molecule has 0 radical (unpaired) electrons. The van der Waals surface area contributed by atoms with Crippen molar-refractivity contribution in [2.75, 3.05) is 18.2 Å². The zero-order chi connectivity index (χ0) is 22.5. The highest BCUT2D eigenvalue weighted by Gasteiger charge is 2.18. The van der Waals surface area contributed by atoms with Crippen LogP contribution in [0, 0.1) is 0 Å². The topological polar surface area (TPSA) is 72.0 Å². The first-order valence-corrected chi connectivity index (χ1v) is 11.1. The zero-order valence-corrected chi connectivity index (χ0v) is 18.7. The highest BCUT2D eigenvalue weighted by Crippen LogP contribution is 2.33. The minimum absolute atomic E-state index is 0.119. The molecular weight excluding hydrogens is 426 g/mol. The van der Waals surface area contributed by atoms with Crippen LogP contribution in [-0.4, -0.2) is 35.0 Å². The van der Waals surface area contributed by atoms with Gasteiger partial charge in [0, 0.05) is 31.5 Å². The molecule has 0 aliphatic carbocycles. The third-order valence-corrected chi connectivity index (χ3v) is 5.77. The summed E-state index contributed by atoms with van der Waals surface area (Å²) >= 11 is 1.35. The molecule has 0 saturated heterocycles. The summed E-state index contributed by atoms with van der Waals surface area (Å²) < 4.78 is 10.8. The molecule has 2 aromatic carbocycles. The van der Waals surface area contributed by atoms with Gasteiger partial charge in [-0.05, 0) is 42.8 Å². The number of carbonyl (C=O) groups is 2. The number of hydrogen-bond donors (Lipinski definition) is 0. The Kier molecular flexibility index (Phi) is 6.51. The molecule has 1 aliphatic heterocycles. The molecule has 3 aromatic rings. The van der Waals surface area contributed by atoms with E-state index in [2.05, 4.69) is 4.98 Å². The van der Waals surface area contributed by atoms with Crippen LogP contribution in [0.3, 0.4) is 0 Å². The van der Waals surface area contributed by atoms with Crippen LogP contribution >= 0.6 is 11.3 Å². The normalized spacial score (nSPS) is 12.2. The molecule has 32 heavy (non-hydrogen) atoms. The number of anilines is 2. The highest BCUT2D eigenvalue weighted by atomic mass is 32.1. The molecule has 2 heterocycles. The molecule has 164 valence electrons. The van der Waals surface area contributed by atoms with Gasteiger partial charge in [0.1, 0.15) is 0 Å². The molecule has 0 atom stereocenters. The summed E-state index contributed by atoms with van der Waals surface area (Å²) in [5.74, 6) is 1.17. The second-order valence-electron chi connectivity index (χ2n) is 7.12. The van der Waals surface area contributed by atoms with Gasteiger partial charge in [0.2, 0.25) is 18.6 Å². The largest absolute Gasteiger partial charge is 0.454 e. The first-order chi connectivity index (χ1) is 15.5. The SMILES string of the molecule is CCN(Cc1ccc2c(c1)OCO2)C(=O)/C=C/c1csc(N(C(C)=O)c2ccccc2)n1. The maximum Gasteiger partial charge on any atom is 0.246 e. The number of thiazole rings is 1. The van der Waals surface area contributed by atoms with Crippen molar-refractivity contribution in [1.29, 1.82) is 0 Å². The summed E-state index contributed by atoms with van der Waals surface area (Å²) in [5.41, 5.74) is 2.34. The summed E-state index contributed by atoms with van der Waals surface area (Å²) in [4.78, 5) is 32.8. The summed E-state index contributed by atoms with van der Waals surface area (Å²) in [6.07, 6.45) is 3.18. The van der Waals surface area contributed by atoms with Crippen molar-refractivity contribution in [3.63, 3.8) is 0 Å². The maximum atomic E-state index is 12.8. The second-order valence-corrected chi connectivity index (χ2v) is 7.95. The zero-order valence-electron chi connectivity index (χ0n) is 17.9. The molecule has 0 spiro atoms. The maximum absolute atomic E-state index is 12.8. The van der Waals surface area contributed by atoms with Gasteiger partial charge in [0.25, 0.3) is 0 Å². The minimum Gasteiger partial charge on any atom is -0.454 e. The van der Waals surface area contributed by atoms with Gasteiger partial charge in [-0.3, -0.25) is 14.5 Å². The van der Waals surface area contributed by atoms with Gasteiger partial charge in [-0.2, -0.15) is 0 Å². The lowest BCUT2D eigenvalue weighted by molar-refractivity contribution is -0.126. The Morgan fingerprint density at radius 2 is 1.91 bits per heavy atom. The molecule has 7 nitrogen and oxygen atoms in total. The Hall–Kier alpha value is -3.65. The Labute approximate surface area is 190 Å². The monoisotopic (exact) mass is 449 g/mol. The van der Waals surface area contributed by atoms with Gasteiger partial charge < -0.3 is 14.4 Å². The van der Waals surface area contributed by atoms with Crippen molar-refractivity contribution >= 4 is 40.0 Å². The van der Waals surface area contributed by atoms with Crippen LogP contribution in [0.2, 0.25) is 0 Å². The number of likely N-dealkylation sites (N-methyl/N-ethyl adjacent to an activating group) is 1. The Morgan fingerprint density at radius 1 is 1.12 bits per heavy atom. The van der Waals surface area contributed by atoms with Crippen LogP contribution in [0.15, 0.2) is 60.0 Å². The number of benzene rings is 2. The number of aromatic nitrogens is 1. The van der Waals surface area contributed by atoms with Gasteiger partial charge in [-0.1, -0.05) is 24.3 Å². The van der Waals surface area contributed by atoms with Crippen molar-refractivity contribution < 1.29 is 19.1 Å². The highest BCUT2D eigenvalue weighted by molar-refractivity contribution is 7.14. The van der Waals surface area contributed by atoms with Crippen LogP contribution in [0.25, 0.3) is 6.08 Å². The predicted octanol–water partition coefficient (Wildman–Crippen LogP) is 4.62. The number of para-hydroxylation sites is 1. The van der Waals surface area contributed by atoms with Crippen LogP contribution in [0.4, 0.5) is 10.8 Å². The van der Waals surface area contributed by atoms with Crippen LogP contribution in [0.5, 0.6) is 11.5 Å². The van der Waals surface area contributed by atoms with Crippen molar-refractivity contribution in [3.8, 4) is 11.5 Å². The summed E-state index contributed by atoms with van der Waals surface area (Å²) in [5, 5.41) is 2.38. The summed E-state index contributed by atoms with van der Waals surface area (Å²) in [6, 6.07) is 15.0. The molecular formula is C24H23N3O4S. The minimum atomic E-state index is -0.127. The van der Waals surface area contributed by atoms with Gasteiger partial charge in [0.05, 0.1) is 11.4 Å². The van der Waals surface area contributed by atoms with Crippen molar-refractivity contribution in [2.45, 2.75) is 20.4 Å². The lowest BCUT2D eigenvalue weighted by Crippen LogP contribution is -2.28. The van der Waals surface area contributed by atoms with Crippen LogP contribution in [-0.2, 0) is 16.1 Å².